The van der Waals surface area contributed by atoms with Crippen molar-refractivity contribution in [1.82, 2.24) is 4.98 Å². The number of halogens is 2. The van der Waals surface area contributed by atoms with Crippen molar-refractivity contribution in [1.29, 1.82) is 0 Å². The van der Waals surface area contributed by atoms with Gasteiger partial charge < -0.3 is 0 Å². The van der Waals surface area contributed by atoms with Crippen molar-refractivity contribution >= 4 is 29.0 Å². The number of benzene rings is 1. The first kappa shape index (κ1) is 13.1. The second kappa shape index (κ2) is 5.51. The normalized spacial score (nSPS) is 10.4. The third-order valence-corrected chi connectivity index (χ3v) is 3.55. The number of ketones is 1. The van der Waals surface area contributed by atoms with Gasteiger partial charge in [-0.2, -0.15) is 0 Å². The topological polar surface area (TPSA) is 30.0 Å². The van der Waals surface area contributed by atoms with Crippen LogP contribution in [0.15, 0.2) is 36.5 Å². The minimum atomic E-state index is -0.00948. The van der Waals surface area contributed by atoms with Gasteiger partial charge in [0.1, 0.15) is 0 Å². The van der Waals surface area contributed by atoms with Crippen LogP contribution in [0.25, 0.3) is 0 Å². The molecule has 2 rings (SSSR count). The Kier molecular flexibility index (Phi) is 4.00. The van der Waals surface area contributed by atoms with Gasteiger partial charge >= 0.3 is 0 Å². The van der Waals surface area contributed by atoms with E-state index in [1.807, 2.05) is 6.92 Å². The van der Waals surface area contributed by atoms with Gasteiger partial charge in [-0.1, -0.05) is 35.3 Å². The molecule has 1 heterocycles. The first-order chi connectivity index (χ1) is 8.59. The van der Waals surface area contributed by atoms with Crippen LogP contribution in [0.2, 0.25) is 10.0 Å². The lowest BCUT2D eigenvalue weighted by Gasteiger charge is -2.06. The van der Waals surface area contributed by atoms with Gasteiger partial charge in [-0.25, -0.2) is 0 Å². The van der Waals surface area contributed by atoms with E-state index >= 15 is 0 Å². The maximum atomic E-state index is 12.2. The molecule has 0 radical (unpaired) electrons. The lowest BCUT2D eigenvalue weighted by molar-refractivity contribution is 0.0992. The molecular weight excluding hydrogens is 269 g/mol. The predicted molar refractivity (Wildman–Crippen MR) is 73.5 cm³/mol. The van der Waals surface area contributed by atoms with E-state index in [1.165, 1.54) is 0 Å². The smallest absolute Gasteiger partial charge is 0.169 e. The van der Waals surface area contributed by atoms with Crippen molar-refractivity contribution in [2.75, 3.05) is 0 Å². The Morgan fingerprint density at radius 2 is 2.00 bits per heavy atom. The number of aryl methyl sites for hydroxylation is 1. The Labute approximate surface area is 116 Å². The molecule has 0 aliphatic rings. The molecular formula is C14H11Cl2NO. The van der Waals surface area contributed by atoms with Gasteiger partial charge in [0.15, 0.2) is 5.78 Å². The molecule has 2 nitrogen and oxygen atoms in total. The molecule has 0 aliphatic carbocycles. The molecule has 0 saturated carbocycles. The summed E-state index contributed by atoms with van der Waals surface area (Å²) < 4.78 is 0. The van der Waals surface area contributed by atoms with Crippen molar-refractivity contribution in [3.8, 4) is 0 Å². The van der Waals surface area contributed by atoms with Gasteiger partial charge in [0.2, 0.25) is 0 Å². The molecule has 18 heavy (non-hydrogen) atoms. The van der Waals surface area contributed by atoms with Crippen molar-refractivity contribution in [3.05, 3.63) is 63.4 Å². The largest absolute Gasteiger partial charge is 0.294 e. The summed E-state index contributed by atoms with van der Waals surface area (Å²) in [6.07, 6.45) is 1.89. The van der Waals surface area contributed by atoms with E-state index in [2.05, 4.69) is 4.98 Å². The summed E-state index contributed by atoms with van der Waals surface area (Å²) in [6, 6.07) is 8.81. The number of carbonyl (C=O) groups excluding carboxylic acids is 1. The fraction of sp³-hybridized carbons (Fsp3) is 0.143. The average molecular weight is 280 g/mol. The van der Waals surface area contributed by atoms with Crippen LogP contribution in [0, 0.1) is 6.92 Å². The number of rotatable bonds is 3. The fourth-order valence-corrected chi connectivity index (χ4v) is 2.12. The van der Waals surface area contributed by atoms with Crippen LogP contribution in [0.1, 0.15) is 21.6 Å². The third-order valence-electron chi connectivity index (χ3n) is 2.69. The lowest BCUT2D eigenvalue weighted by Crippen LogP contribution is -2.07. The molecule has 0 aliphatic heterocycles. The molecule has 0 bridgehead atoms. The molecule has 92 valence electrons. The van der Waals surface area contributed by atoms with Crippen LogP contribution in [0.5, 0.6) is 0 Å². The maximum Gasteiger partial charge on any atom is 0.169 e. The van der Waals surface area contributed by atoms with Crippen molar-refractivity contribution < 1.29 is 4.79 Å². The molecule has 0 saturated heterocycles. The number of carbonyl (C=O) groups is 1. The van der Waals surface area contributed by atoms with Gasteiger partial charge in [0.05, 0.1) is 10.0 Å². The highest BCUT2D eigenvalue weighted by atomic mass is 35.5. The van der Waals surface area contributed by atoms with E-state index in [4.69, 9.17) is 23.2 Å². The Bertz CT molecular complexity index is 596. The van der Waals surface area contributed by atoms with Gasteiger partial charge in [-0.15, -0.1) is 0 Å². The SMILES string of the molecule is Cc1ncccc1C(=O)Cc1cccc(Cl)c1Cl. The quantitative estimate of drug-likeness (QED) is 0.791. The number of nitrogens with zero attached hydrogens (tertiary/aromatic N) is 1. The standard InChI is InChI=1S/C14H11Cl2NO/c1-9-11(5-3-7-17-9)13(18)8-10-4-2-6-12(15)14(10)16/h2-7H,8H2,1H3. The maximum absolute atomic E-state index is 12.2. The van der Waals surface area contributed by atoms with Gasteiger partial charge in [-0.3, -0.25) is 9.78 Å². The van der Waals surface area contributed by atoms with Gasteiger partial charge in [-0.05, 0) is 30.7 Å². The first-order valence-corrected chi connectivity index (χ1v) is 6.23. The molecule has 2 aromatic rings. The highest BCUT2D eigenvalue weighted by molar-refractivity contribution is 6.42. The number of hydrogen-bond acceptors (Lipinski definition) is 2. The van der Waals surface area contributed by atoms with Crippen LogP contribution < -0.4 is 0 Å². The predicted octanol–water partition coefficient (Wildman–Crippen LogP) is 4.12. The molecule has 1 aromatic heterocycles. The molecule has 0 unspecified atom stereocenters. The third kappa shape index (κ3) is 2.71. The van der Waals surface area contributed by atoms with E-state index in [1.54, 1.807) is 36.5 Å². The van der Waals surface area contributed by atoms with Crippen molar-refractivity contribution in [2.24, 2.45) is 0 Å². The second-order valence-electron chi connectivity index (χ2n) is 3.95. The zero-order valence-electron chi connectivity index (χ0n) is 9.78. The molecule has 1 aromatic carbocycles. The van der Waals surface area contributed by atoms with E-state index < -0.39 is 0 Å². The average Bonchev–Trinajstić information content (AvgIpc) is 2.35. The van der Waals surface area contributed by atoms with E-state index in [0.717, 1.165) is 11.3 Å². The summed E-state index contributed by atoms with van der Waals surface area (Å²) >= 11 is 12.0. The molecule has 0 spiro atoms. The van der Waals surface area contributed by atoms with Gasteiger partial charge in [0.25, 0.3) is 0 Å². The summed E-state index contributed by atoms with van der Waals surface area (Å²) in [7, 11) is 0. The Balaban J connectivity index is 2.27. The number of pyridine rings is 1. The lowest BCUT2D eigenvalue weighted by atomic mass is 10.0. The Morgan fingerprint density at radius 3 is 2.72 bits per heavy atom. The van der Waals surface area contributed by atoms with Gasteiger partial charge in [0, 0.05) is 23.9 Å². The zero-order chi connectivity index (χ0) is 13.1. The van der Waals surface area contributed by atoms with Crippen LogP contribution in [0.3, 0.4) is 0 Å². The first-order valence-electron chi connectivity index (χ1n) is 5.47. The molecule has 0 amide bonds. The molecule has 0 atom stereocenters. The zero-order valence-corrected chi connectivity index (χ0v) is 11.3. The minimum absolute atomic E-state index is 0.00948. The van der Waals surface area contributed by atoms with E-state index in [-0.39, 0.29) is 12.2 Å². The Morgan fingerprint density at radius 1 is 1.22 bits per heavy atom. The van der Waals surface area contributed by atoms with Crippen LogP contribution in [-0.2, 0) is 6.42 Å². The van der Waals surface area contributed by atoms with Crippen LogP contribution in [-0.4, -0.2) is 10.8 Å². The summed E-state index contributed by atoms with van der Waals surface area (Å²) in [5, 5.41) is 0.902. The van der Waals surface area contributed by atoms with Crippen molar-refractivity contribution in [3.63, 3.8) is 0 Å². The fourth-order valence-electron chi connectivity index (χ4n) is 1.73. The number of hydrogen-bond donors (Lipinski definition) is 0. The minimum Gasteiger partial charge on any atom is -0.294 e. The summed E-state index contributed by atoms with van der Waals surface area (Å²) in [5.74, 6) is -0.00948. The van der Waals surface area contributed by atoms with Crippen LogP contribution in [0.4, 0.5) is 0 Å². The molecule has 0 N–H and O–H groups in total. The highest BCUT2D eigenvalue weighted by Crippen LogP contribution is 2.26. The van der Waals surface area contributed by atoms with Crippen LogP contribution >= 0.6 is 23.2 Å². The summed E-state index contributed by atoms with van der Waals surface area (Å²) in [4.78, 5) is 16.3. The number of aromatic nitrogens is 1. The number of Topliss-reactive ketones (excluding diaryl/α,β-unsaturated/α-hetero) is 1. The monoisotopic (exact) mass is 279 g/mol. The van der Waals surface area contributed by atoms with E-state index in [0.29, 0.717) is 15.6 Å². The Hall–Kier alpha value is -1.38. The summed E-state index contributed by atoms with van der Waals surface area (Å²) in [5.41, 5.74) is 2.08. The van der Waals surface area contributed by atoms with Crippen molar-refractivity contribution in [2.45, 2.75) is 13.3 Å². The molecule has 4 heteroatoms. The highest BCUT2D eigenvalue weighted by Gasteiger charge is 2.13. The second-order valence-corrected chi connectivity index (χ2v) is 4.73. The van der Waals surface area contributed by atoms with E-state index in [9.17, 15) is 4.79 Å². The molecule has 0 fully saturated rings. The summed E-state index contributed by atoms with van der Waals surface area (Å²) in [6.45, 7) is 1.81.